The van der Waals surface area contributed by atoms with E-state index >= 15 is 0 Å². The van der Waals surface area contributed by atoms with Gasteiger partial charge in [0.1, 0.15) is 16.5 Å². The smallest absolute Gasteiger partial charge is 0.262 e. The number of aldehydes is 1. The summed E-state index contributed by atoms with van der Waals surface area (Å²) >= 11 is 2.76. The van der Waals surface area contributed by atoms with Crippen molar-refractivity contribution in [3.63, 3.8) is 0 Å². The molecule has 0 spiro atoms. The first-order valence-corrected chi connectivity index (χ1v) is 6.91. The Kier molecular flexibility index (Phi) is 2.71. The van der Waals surface area contributed by atoms with Gasteiger partial charge in [0.05, 0.1) is 5.69 Å². The highest BCUT2D eigenvalue weighted by atomic mass is 32.2. The maximum absolute atomic E-state index is 11.1. The van der Waals surface area contributed by atoms with Gasteiger partial charge in [-0.1, -0.05) is 0 Å². The van der Waals surface area contributed by atoms with E-state index in [1.165, 1.54) is 23.1 Å². The third-order valence-electron chi connectivity index (χ3n) is 2.57. The normalized spacial score (nSPS) is 11.2. The molecule has 0 amide bonds. The minimum atomic E-state index is 0.513. The summed E-state index contributed by atoms with van der Waals surface area (Å²) in [5.74, 6) is 0.783. The average Bonchev–Trinajstić information content (AvgIpc) is 2.95. The fraction of sp³-hybridized carbons (Fsp3) is 0.182. The number of rotatable bonds is 3. The van der Waals surface area contributed by atoms with Crippen molar-refractivity contribution in [1.82, 2.24) is 14.4 Å². The Labute approximate surface area is 111 Å². The van der Waals surface area contributed by atoms with E-state index in [1.807, 2.05) is 25.4 Å². The molecule has 3 aromatic rings. The van der Waals surface area contributed by atoms with Gasteiger partial charge in [-0.15, -0.1) is 11.3 Å². The largest absolute Gasteiger partial charge is 0.436 e. The minimum absolute atomic E-state index is 0.513. The summed E-state index contributed by atoms with van der Waals surface area (Å²) in [7, 11) is 0. The molecule has 0 aliphatic rings. The molecular weight excluding hydrogens is 270 g/mol. The number of oxazole rings is 1. The molecule has 5 nitrogen and oxygen atoms in total. The standard InChI is InChI=1S/C11H9N3O2S2/c1-6-7(2)16-11(12-6)18-9-8(5-15)14-3-4-17-10(14)13-9/h3-5H,1-2H3. The summed E-state index contributed by atoms with van der Waals surface area (Å²) in [6, 6.07) is 0. The van der Waals surface area contributed by atoms with Crippen molar-refractivity contribution < 1.29 is 9.21 Å². The summed E-state index contributed by atoms with van der Waals surface area (Å²) in [6.07, 6.45) is 2.63. The van der Waals surface area contributed by atoms with Crippen molar-refractivity contribution in [2.24, 2.45) is 0 Å². The molecule has 0 radical (unpaired) electrons. The molecule has 0 saturated heterocycles. The molecule has 0 atom stereocenters. The summed E-state index contributed by atoms with van der Waals surface area (Å²) in [6.45, 7) is 3.74. The van der Waals surface area contributed by atoms with Gasteiger partial charge < -0.3 is 4.42 Å². The van der Waals surface area contributed by atoms with Crippen LogP contribution in [-0.2, 0) is 0 Å². The van der Waals surface area contributed by atoms with Crippen LogP contribution in [-0.4, -0.2) is 20.7 Å². The Morgan fingerprint density at radius 2 is 2.28 bits per heavy atom. The zero-order valence-electron chi connectivity index (χ0n) is 9.71. The number of carbonyl (C=O) groups excluding carboxylic acids is 1. The van der Waals surface area contributed by atoms with Crippen molar-refractivity contribution in [3.05, 3.63) is 28.7 Å². The molecule has 0 fully saturated rings. The molecule has 0 aromatic carbocycles. The van der Waals surface area contributed by atoms with Crippen LogP contribution < -0.4 is 0 Å². The molecule has 3 heterocycles. The summed E-state index contributed by atoms with van der Waals surface area (Å²) in [4.78, 5) is 20.6. The Bertz CT molecular complexity index is 706. The van der Waals surface area contributed by atoms with E-state index in [0.717, 1.165) is 22.7 Å². The third-order valence-corrected chi connectivity index (χ3v) is 4.17. The molecule has 18 heavy (non-hydrogen) atoms. The van der Waals surface area contributed by atoms with Crippen molar-refractivity contribution >= 4 is 34.3 Å². The first-order chi connectivity index (χ1) is 8.69. The van der Waals surface area contributed by atoms with Gasteiger partial charge in [-0.2, -0.15) is 0 Å². The van der Waals surface area contributed by atoms with Crippen molar-refractivity contribution in [1.29, 1.82) is 0 Å². The number of hydrogen-bond acceptors (Lipinski definition) is 6. The number of thiazole rings is 1. The van der Waals surface area contributed by atoms with E-state index in [-0.39, 0.29) is 0 Å². The number of fused-ring (bicyclic) bond motifs is 1. The average molecular weight is 279 g/mol. The van der Waals surface area contributed by atoms with E-state index in [2.05, 4.69) is 9.97 Å². The van der Waals surface area contributed by atoms with E-state index in [1.54, 1.807) is 4.40 Å². The second kappa shape index (κ2) is 4.25. The van der Waals surface area contributed by atoms with Crippen LogP contribution in [0.15, 0.2) is 26.2 Å². The maximum Gasteiger partial charge on any atom is 0.262 e. The third kappa shape index (κ3) is 1.75. The highest BCUT2D eigenvalue weighted by Crippen LogP contribution is 2.31. The van der Waals surface area contributed by atoms with Gasteiger partial charge in [0, 0.05) is 11.6 Å². The lowest BCUT2D eigenvalue weighted by Gasteiger charge is -1.92. The van der Waals surface area contributed by atoms with Gasteiger partial charge in [-0.3, -0.25) is 9.20 Å². The van der Waals surface area contributed by atoms with Gasteiger partial charge in [-0.05, 0) is 25.6 Å². The topological polar surface area (TPSA) is 60.4 Å². The quantitative estimate of drug-likeness (QED) is 0.690. The molecule has 0 aliphatic carbocycles. The van der Waals surface area contributed by atoms with Crippen LogP contribution in [0.2, 0.25) is 0 Å². The van der Waals surface area contributed by atoms with Gasteiger partial charge >= 0.3 is 0 Å². The van der Waals surface area contributed by atoms with Crippen molar-refractivity contribution in [2.45, 2.75) is 24.1 Å². The highest BCUT2D eigenvalue weighted by Gasteiger charge is 2.16. The van der Waals surface area contributed by atoms with Crippen molar-refractivity contribution in [3.8, 4) is 0 Å². The number of aryl methyl sites for hydroxylation is 2. The number of nitrogens with zero attached hydrogens (tertiary/aromatic N) is 3. The zero-order chi connectivity index (χ0) is 12.7. The minimum Gasteiger partial charge on any atom is -0.436 e. The SMILES string of the molecule is Cc1nc(Sc2nc3sccn3c2C=O)oc1C. The van der Waals surface area contributed by atoms with Gasteiger partial charge in [0.2, 0.25) is 0 Å². The monoisotopic (exact) mass is 279 g/mol. The molecule has 0 aliphatic heterocycles. The number of hydrogen-bond donors (Lipinski definition) is 0. The Morgan fingerprint density at radius 1 is 1.44 bits per heavy atom. The van der Waals surface area contributed by atoms with E-state index in [0.29, 0.717) is 15.9 Å². The maximum atomic E-state index is 11.1. The number of carbonyl (C=O) groups is 1. The van der Waals surface area contributed by atoms with Crippen LogP contribution in [0, 0.1) is 13.8 Å². The lowest BCUT2D eigenvalue weighted by molar-refractivity contribution is 0.111. The first kappa shape index (κ1) is 11.5. The highest BCUT2D eigenvalue weighted by molar-refractivity contribution is 7.99. The molecule has 0 N–H and O–H groups in total. The molecule has 7 heteroatoms. The van der Waals surface area contributed by atoms with Gasteiger partial charge in [0.15, 0.2) is 11.2 Å². The van der Waals surface area contributed by atoms with Crippen molar-refractivity contribution in [2.75, 3.05) is 0 Å². The lowest BCUT2D eigenvalue weighted by Crippen LogP contribution is -1.88. The van der Waals surface area contributed by atoms with Crippen LogP contribution in [0.3, 0.4) is 0 Å². The second-order valence-electron chi connectivity index (χ2n) is 3.70. The fourth-order valence-electron chi connectivity index (χ4n) is 1.54. The Morgan fingerprint density at radius 3 is 2.94 bits per heavy atom. The van der Waals surface area contributed by atoms with Crippen LogP contribution in [0.4, 0.5) is 0 Å². The predicted octanol–water partition coefficient (Wildman–Crippen LogP) is 2.96. The van der Waals surface area contributed by atoms with Gasteiger partial charge in [0.25, 0.3) is 5.22 Å². The van der Waals surface area contributed by atoms with E-state index in [4.69, 9.17) is 4.42 Å². The number of aromatic nitrogens is 3. The predicted molar refractivity (Wildman–Crippen MR) is 68.6 cm³/mol. The second-order valence-corrected chi connectivity index (χ2v) is 5.51. The molecule has 0 unspecified atom stereocenters. The van der Waals surface area contributed by atoms with E-state index in [9.17, 15) is 4.79 Å². The molecule has 0 bridgehead atoms. The Hall–Kier alpha value is -1.60. The van der Waals surface area contributed by atoms with Gasteiger partial charge in [-0.25, -0.2) is 9.97 Å². The summed E-state index contributed by atoms with van der Waals surface area (Å²) in [5.41, 5.74) is 1.39. The summed E-state index contributed by atoms with van der Waals surface area (Å²) in [5, 5.41) is 3.03. The molecular formula is C11H9N3O2S2. The molecule has 0 saturated carbocycles. The van der Waals surface area contributed by atoms with Crippen LogP contribution >= 0.6 is 23.1 Å². The fourth-order valence-corrected chi connectivity index (χ4v) is 3.21. The molecule has 92 valence electrons. The lowest BCUT2D eigenvalue weighted by atomic mass is 10.4. The van der Waals surface area contributed by atoms with E-state index < -0.39 is 0 Å². The molecule has 3 rings (SSSR count). The zero-order valence-corrected chi connectivity index (χ0v) is 11.3. The Balaban J connectivity index is 2.03. The summed E-state index contributed by atoms with van der Waals surface area (Å²) < 4.78 is 7.25. The number of imidazole rings is 1. The molecule has 3 aromatic heterocycles. The first-order valence-electron chi connectivity index (χ1n) is 5.21. The van der Waals surface area contributed by atoms with Crippen LogP contribution in [0.1, 0.15) is 21.9 Å². The van der Waals surface area contributed by atoms with Crippen LogP contribution in [0.25, 0.3) is 4.96 Å². The van der Waals surface area contributed by atoms with Crippen LogP contribution in [0.5, 0.6) is 0 Å².